The molecule has 6 heterocycles. The van der Waals surface area contributed by atoms with Crippen molar-refractivity contribution in [1.82, 2.24) is 53.2 Å². The van der Waals surface area contributed by atoms with Crippen molar-refractivity contribution in [2.24, 2.45) is 35.3 Å². The Labute approximate surface area is 597 Å². The third kappa shape index (κ3) is 15.3. The zero-order valence-electron chi connectivity index (χ0n) is 57.4. The Bertz CT molecular complexity index is 4170. The van der Waals surface area contributed by atoms with Gasteiger partial charge in [0.2, 0.25) is 53.0 Å². The van der Waals surface area contributed by atoms with Crippen LogP contribution in [-0.4, -0.2) is 146 Å². The number of hydrogen-bond acceptors (Lipinski definition) is 21. The number of amides is 8. The lowest BCUT2D eigenvalue weighted by atomic mass is 9.54. The quantitative estimate of drug-likeness (QED) is 0.0787. The van der Waals surface area contributed by atoms with E-state index in [1.54, 1.807) is 13.8 Å². The number of phenols is 4. The van der Waals surface area contributed by atoms with E-state index >= 15 is 28.8 Å². The van der Waals surface area contributed by atoms with Crippen LogP contribution in [0.15, 0.2) is 97.3 Å². The number of carbonyl (C=O) groups excluding carboxylic acids is 8. The van der Waals surface area contributed by atoms with Crippen molar-refractivity contribution in [3.05, 3.63) is 130 Å². The molecule has 15 bridgehead atoms. The van der Waals surface area contributed by atoms with E-state index in [0.29, 0.717) is 11.8 Å². The molecule has 5 aromatic carbocycles. The number of phenolic OH excluding ortho intramolecular Hbond substituents is 4. The van der Waals surface area contributed by atoms with Gasteiger partial charge in [0.15, 0.2) is 17.8 Å². The van der Waals surface area contributed by atoms with Gasteiger partial charge in [-0.05, 0) is 171 Å². The van der Waals surface area contributed by atoms with Crippen LogP contribution >= 0.6 is 11.6 Å². The molecule has 18 N–H and O–H groups in total. The Kier molecular flexibility index (Phi) is 20.9. The highest BCUT2D eigenvalue weighted by Crippen LogP contribution is 2.54. The van der Waals surface area contributed by atoms with Crippen LogP contribution in [0.4, 0.5) is 0 Å². The Hall–Kier alpha value is -9.75. The molecule has 5 fully saturated rings. The van der Waals surface area contributed by atoms with Gasteiger partial charge in [0.05, 0.1) is 35.5 Å². The first-order valence-corrected chi connectivity index (χ1v) is 34.8. The molecular weight excluding hydrogens is 1350 g/mol. The number of likely N-dealkylation sites (N-methyl/N-ethyl adjacent to an activating group) is 1. The van der Waals surface area contributed by atoms with Crippen molar-refractivity contribution in [3.8, 4) is 57.1 Å². The summed E-state index contributed by atoms with van der Waals surface area (Å²) in [6, 6.07) is 4.16. The van der Waals surface area contributed by atoms with Crippen LogP contribution < -0.4 is 68.4 Å². The normalized spacial score (nSPS) is 29.8. The maximum absolute atomic E-state index is 16.2. The topological polar surface area (TPSA) is 441 Å². The Morgan fingerprint density at radius 3 is 2.01 bits per heavy atom. The Morgan fingerprint density at radius 1 is 0.718 bits per heavy atom. The average Bonchev–Trinajstić information content (AvgIpc) is 0.758. The van der Waals surface area contributed by atoms with Crippen LogP contribution in [0, 0.1) is 29.6 Å². The molecule has 5 aromatic rings. The van der Waals surface area contributed by atoms with Crippen molar-refractivity contribution in [2.45, 2.75) is 164 Å². The van der Waals surface area contributed by atoms with E-state index in [1.165, 1.54) is 68.7 Å². The molecular formula is C73H86ClN11O18. The van der Waals surface area contributed by atoms with Gasteiger partial charge in [0.25, 0.3) is 0 Å². The van der Waals surface area contributed by atoms with Crippen LogP contribution in [0.3, 0.4) is 0 Å². The number of benzene rings is 5. The number of fused-ring (bicyclic) bond motifs is 15. The lowest BCUT2D eigenvalue weighted by Crippen LogP contribution is -2.61. The van der Waals surface area contributed by atoms with Crippen LogP contribution in [0.5, 0.6) is 46.0 Å². The summed E-state index contributed by atoms with van der Waals surface area (Å²) >= 11 is 6.94. The molecule has 548 valence electrons. The molecule has 8 amide bonds. The van der Waals surface area contributed by atoms with Crippen LogP contribution in [0.2, 0.25) is 5.02 Å². The number of aliphatic hydroxyl groups excluding tert-OH is 2. The summed E-state index contributed by atoms with van der Waals surface area (Å²) < 4.78 is 25.8. The second-order valence-corrected chi connectivity index (χ2v) is 29.1. The number of aliphatic hydroxyl groups is 2. The van der Waals surface area contributed by atoms with Gasteiger partial charge in [-0.15, -0.1) is 0 Å². The van der Waals surface area contributed by atoms with E-state index in [4.69, 9.17) is 36.3 Å². The van der Waals surface area contributed by atoms with Gasteiger partial charge in [0, 0.05) is 42.2 Å². The van der Waals surface area contributed by atoms with Crippen molar-refractivity contribution >= 4 is 58.9 Å². The lowest BCUT2D eigenvalue weighted by Gasteiger charge is -2.54. The number of nitrogens with one attached hydrogen (secondary N) is 10. The summed E-state index contributed by atoms with van der Waals surface area (Å²) in [5, 5.41) is 98.4. The molecule has 103 heavy (non-hydrogen) atoms. The van der Waals surface area contributed by atoms with Gasteiger partial charge < -0.3 is 108 Å². The summed E-state index contributed by atoms with van der Waals surface area (Å²) in [4.78, 5) is 123. The monoisotopic (exact) mass is 1440 g/mol. The Morgan fingerprint density at radius 2 is 1.36 bits per heavy atom. The minimum Gasteiger partial charge on any atom is -0.508 e. The van der Waals surface area contributed by atoms with Gasteiger partial charge in [-0.2, -0.15) is 0 Å². The maximum atomic E-state index is 16.2. The highest BCUT2D eigenvalue weighted by molar-refractivity contribution is 6.32. The van der Waals surface area contributed by atoms with Crippen molar-refractivity contribution < 1.29 is 87.9 Å². The molecule has 4 unspecified atom stereocenters. The van der Waals surface area contributed by atoms with E-state index in [2.05, 4.69) is 59.7 Å². The molecule has 29 nitrogen and oxygen atoms in total. The highest BCUT2D eigenvalue weighted by atomic mass is 35.5. The lowest BCUT2D eigenvalue weighted by molar-refractivity contribution is -0.255. The van der Waals surface area contributed by atoms with Gasteiger partial charge in [-0.3, -0.25) is 38.4 Å². The number of aromatic hydroxyl groups is 4. The van der Waals surface area contributed by atoms with Gasteiger partial charge >= 0.3 is 0 Å². The van der Waals surface area contributed by atoms with Gasteiger partial charge in [-0.25, -0.2) is 0 Å². The minimum absolute atomic E-state index is 0.0416. The Balaban J connectivity index is 1.04. The van der Waals surface area contributed by atoms with Gasteiger partial charge in [0.1, 0.15) is 77.2 Å². The zero-order valence-corrected chi connectivity index (χ0v) is 58.1. The highest BCUT2D eigenvalue weighted by Gasteiger charge is 2.51. The average molecular weight is 1440 g/mol. The maximum Gasteiger partial charge on any atom is 0.248 e. The van der Waals surface area contributed by atoms with Crippen molar-refractivity contribution in [2.75, 3.05) is 14.1 Å². The number of carbonyl (C=O) groups is 8. The predicted octanol–water partition coefficient (Wildman–Crippen LogP) is 4.16. The van der Waals surface area contributed by atoms with E-state index < -0.39 is 167 Å². The predicted molar refractivity (Wildman–Crippen MR) is 370 cm³/mol. The SMILES string of the molecule is C=C(NC)NC(=O)C[C@@H]1NC(=O)[C@H](NC(=O)[C@@H](CC(C)C)NC)[C@H](O)c2ccc(c(Cl)c2)Oc2cc3cc(c2O)Oc2ccc(cc2)[C@@H](OC2CC(C)(N)C(O)C(C)O2)[C@H]2NC(=O)[C@H](NC(=O)[C@@H]3NC1=O)c1ccc(O)c(c1)-c1c(O)cc(O)cc1[C@@H](C(=O)NC1C3CC4CC(C3)CC1C4)NC2=O. The fourth-order valence-corrected chi connectivity index (χ4v) is 16.0. The molecule has 1 saturated heterocycles. The molecule has 10 aliphatic rings. The van der Waals surface area contributed by atoms with E-state index in [9.17, 15) is 40.2 Å². The van der Waals surface area contributed by atoms with E-state index in [1.807, 2.05) is 13.8 Å². The summed E-state index contributed by atoms with van der Waals surface area (Å²) in [5.41, 5.74) is 4.12. The summed E-state index contributed by atoms with van der Waals surface area (Å²) in [6.45, 7) is 10.6. The minimum atomic E-state index is -2.16. The largest absolute Gasteiger partial charge is 0.508 e. The molecule has 0 radical (unpaired) electrons. The fourth-order valence-electron chi connectivity index (χ4n) is 15.7. The molecule has 4 aliphatic carbocycles. The second-order valence-electron chi connectivity index (χ2n) is 28.7. The first-order chi connectivity index (χ1) is 48.9. The third-order valence-electron chi connectivity index (χ3n) is 20.8. The first-order valence-electron chi connectivity index (χ1n) is 34.4. The number of hydrogen-bond donors (Lipinski definition) is 17. The molecule has 0 aromatic heterocycles. The van der Waals surface area contributed by atoms with Crippen molar-refractivity contribution in [1.29, 1.82) is 0 Å². The van der Waals surface area contributed by atoms with Crippen molar-refractivity contribution in [3.63, 3.8) is 0 Å². The number of nitrogens with two attached hydrogens (primary N) is 1. The summed E-state index contributed by atoms with van der Waals surface area (Å²) in [7, 11) is 2.97. The molecule has 30 heteroatoms. The number of halogens is 1. The van der Waals surface area contributed by atoms with E-state index in [-0.39, 0.29) is 97.9 Å². The third-order valence-corrected chi connectivity index (χ3v) is 21.1. The molecule has 15 rings (SSSR count). The second kappa shape index (κ2) is 29.5. The molecule has 13 atom stereocenters. The number of ether oxygens (including phenoxy) is 4. The summed E-state index contributed by atoms with van der Waals surface area (Å²) in [6.07, 6.45) is -3.45. The molecule has 0 spiro atoms. The number of rotatable bonds is 13. The molecule has 6 aliphatic heterocycles. The van der Waals surface area contributed by atoms with Crippen LogP contribution in [0.1, 0.15) is 137 Å². The standard InChI is InChI=1S/C73H86ClN11O18/c1-30(2)16-46(77-7)66(93)84-60-62(90)37-11-15-50(45(74)23-37)102-52-25-40-24-51(63(52)91)101-42-12-8-35(9-13-42)64(103-54-29-73(5,75)65(92)31(3)100-54)61-72(99)83-59(70(97)80-56-38-18-33-17-34(20-38)21-39(56)19-33)44-26-41(86)27-49(88)55(44)43-22-36(10-14-48(43)87)57(68(95)85-61)82-69(96)58(40)81-67(94)47(79-71(60)98)28-53(89)78-32(4)76-6/h8-15,22-27,30-31,33-34,38-39,46-47,54,56-62,64-65,76-77,86-88,90-92H,4,16-21,28-29,75H2,1-3,5-7H3,(H,78,89)(H,79,98)(H,80,97)(H,81,94)(H,82,96)(H,83,99)(H,84,93)(H,85,95)/t31?,33?,34?,38?,39?,46-,47+,54?,56?,57-,58-,59+,60-,61-,62-,64-,65?,73?/m1/s1. The zero-order chi connectivity index (χ0) is 73.8. The molecule has 4 saturated carbocycles. The van der Waals surface area contributed by atoms with E-state index in [0.717, 1.165) is 62.4 Å². The smallest absolute Gasteiger partial charge is 0.248 e. The first kappa shape index (κ1) is 73.0. The van der Waals surface area contributed by atoms with Crippen LogP contribution in [-0.2, 0) is 47.8 Å². The van der Waals surface area contributed by atoms with Gasteiger partial charge in [-0.1, -0.05) is 56.3 Å². The fraction of sp³-hybridized carbons (Fsp3) is 0.452. The van der Waals surface area contributed by atoms with Crippen LogP contribution in [0.25, 0.3) is 11.1 Å². The summed E-state index contributed by atoms with van der Waals surface area (Å²) in [5.74, 6) is -11.2.